The molecule has 1 aromatic carbocycles. The molecule has 0 bridgehead atoms. The molecule has 0 spiro atoms. The van der Waals surface area contributed by atoms with Crippen molar-refractivity contribution in [2.24, 2.45) is 11.8 Å². The molecule has 1 heterocycles. The number of hydrogen-bond donors (Lipinski definition) is 3. The van der Waals surface area contributed by atoms with Crippen molar-refractivity contribution in [1.29, 1.82) is 0 Å². The molecule has 0 aromatic heterocycles. The van der Waals surface area contributed by atoms with E-state index in [9.17, 15) is 9.59 Å². The van der Waals surface area contributed by atoms with Crippen LogP contribution in [-0.4, -0.2) is 38.0 Å². The fraction of sp³-hybridized carbons (Fsp3) is 0.556. The molecule has 1 aliphatic rings. The van der Waals surface area contributed by atoms with Crippen molar-refractivity contribution in [3.05, 3.63) is 34.3 Å². The fourth-order valence-corrected chi connectivity index (χ4v) is 3.29. The number of carbonyl (C=O) groups excluding carboxylic acids is 2. The molecule has 1 unspecified atom stereocenters. The van der Waals surface area contributed by atoms with Gasteiger partial charge in [0.05, 0.1) is 0 Å². The maximum absolute atomic E-state index is 12.0. The van der Waals surface area contributed by atoms with Gasteiger partial charge in [-0.05, 0) is 62.0 Å². The molecule has 1 fully saturated rings. The van der Waals surface area contributed by atoms with Crippen molar-refractivity contribution < 1.29 is 9.59 Å². The van der Waals surface area contributed by atoms with Crippen molar-refractivity contribution in [3.8, 4) is 0 Å². The van der Waals surface area contributed by atoms with Crippen LogP contribution in [0.1, 0.15) is 36.5 Å². The van der Waals surface area contributed by atoms with Gasteiger partial charge in [-0.2, -0.15) is 0 Å². The van der Waals surface area contributed by atoms with E-state index in [1.807, 2.05) is 12.1 Å². The molecular weight excluding hydrogens is 370 g/mol. The smallest absolute Gasteiger partial charge is 0.251 e. The molecule has 5 nitrogen and oxygen atoms in total. The maximum Gasteiger partial charge on any atom is 0.251 e. The standard InChI is InChI=1S/C18H26BrN3O2/c1-13(14-6-8-20-9-7-14)12-17(23)21-10-11-22-18(24)15-2-4-16(19)5-3-15/h2-5,13-14,20H,6-12H2,1H3,(H,21,23)(H,22,24). The Labute approximate surface area is 152 Å². The first-order valence-corrected chi connectivity index (χ1v) is 9.36. The SMILES string of the molecule is CC(CC(=O)NCCNC(=O)c1ccc(Br)cc1)C1CCNCC1. The normalized spacial score (nSPS) is 16.4. The fourth-order valence-electron chi connectivity index (χ4n) is 3.03. The summed E-state index contributed by atoms with van der Waals surface area (Å²) in [7, 11) is 0. The Bertz CT molecular complexity index is 542. The predicted molar refractivity (Wildman–Crippen MR) is 98.9 cm³/mol. The zero-order chi connectivity index (χ0) is 17.4. The molecule has 1 aromatic rings. The van der Waals surface area contributed by atoms with Gasteiger partial charge >= 0.3 is 0 Å². The Hall–Kier alpha value is -1.40. The monoisotopic (exact) mass is 395 g/mol. The highest BCUT2D eigenvalue weighted by Crippen LogP contribution is 2.23. The summed E-state index contributed by atoms with van der Waals surface area (Å²) in [5.41, 5.74) is 0.615. The van der Waals surface area contributed by atoms with Gasteiger partial charge in [0.15, 0.2) is 0 Å². The molecule has 6 heteroatoms. The van der Waals surface area contributed by atoms with Crippen molar-refractivity contribution >= 4 is 27.7 Å². The Balaban J connectivity index is 1.61. The van der Waals surface area contributed by atoms with Crippen molar-refractivity contribution in [1.82, 2.24) is 16.0 Å². The number of hydrogen-bond acceptors (Lipinski definition) is 3. The quantitative estimate of drug-likeness (QED) is 0.620. The van der Waals surface area contributed by atoms with E-state index >= 15 is 0 Å². The number of benzene rings is 1. The van der Waals surface area contributed by atoms with Crippen molar-refractivity contribution in [3.63, 3.8) is 0 Å². The predicted octanol–water partition coefficient (Wildman–Crippen LogP) is 2.32. The van der Waals surface area contributed by atoms with E-state index in [2.05, 4.69) is 38.8 Å². The lowest BCUT2D eigenvalue weighted by Gasteiger charge is -2.27. The first-order valence-electron chi connectivity index (χ1n) is 8.57. The minimum Gasteiger partial charge on any atom is -0.354 e. The van der Waals surface area contributed by atoms with Crippen LogP contribution in [0.4, 0.5) is 0 Å². The maximum atomic E-state index is 12.0. The second-order valence-electron chi connectivity index (χ2n) is 6.38. The van der Waals surface area contributed by atoms with Crippen LogP contribution in [0.15, 0.2) is 28.7 Å². The zero-order valence-electron chi connectivity index (χ0n) is 14.1. The second kappa shape index (κ2) is 9.79. The first kappa shape index (κ1) is 18.9. The van der Waals surface area contributed by atoms with E-state index in [4.69, 9.17) is 0 Å². The van der Waals surface area contributed by atoms with Crippen LogP contribution in [0.5, 0.6) is 0 Å². The molecule has 2 amide bonds. The summed E-state index contributed by atoms with van der Waals surface area (Å²) in [4.78, 5) is 23.9. The van der Waals surface area contributed by atoms with Gasteiger partial charge in [0, 0.05) is 29.5 Å². The third-order valence-corrected chi connectivity index (χ3v) is 5.06. The van der Waals surface area contributed by atoms with Gasteiger partial charge in [-0.25, -0.2) is 0 Å². The van der Waals surface area contributed by atoms with Crippen LogP contribution in [0.25, 0.3) is 0 Å². The highest BCUT2D eigenvalue weighted by Gasteiger charge is 2.21. The molecule has 2 rings (SSSR count). The molecule has 1 aliphatic heterocycles. The van der Waals surface area contributed by atoms with Gasteiger partial charge in [0.25, 0.3) is 5.91 Å². The van der Waals surface area contributed by atoms with Gasteiger partial charge in [0.1, 0.15) is 0 Å². The summed E-state index contributed by atoms with van der Waals surface area (Å²) in [5, 5.41) is 9.05. The molecule has 3 N–H and O–H groups in total. The molecule has 0 radical (unpaired) electrons. The van der Waals surface area contributed by atoms with Crippen molar-refractivity contribution in [2.45, 2.75) is 26.2 Å². The average molecular weight is 396 g/mol. The summed E-state index contributed by atoms with van der Waals surface area (Å²) in [6.07, 6.45) is 2.86. The molecule has 24 heavy (non-hydrogen) atoms. The zero-order valence-corrected chi connectivity index (χ0v) is 15.7. The van der Waals surface area contributed by atoms with Gasteiger partial charge in [0.2, 0.25) is 5.91 Å². The van der Waals surface area contributed by atoms with Crippen LogP contribution < -0.4 is 16.0 Å². The van der Waals surface area contributed by atoms with Gasteiger partial charge < -0.3 is 16.0 Å². The molecule has 1 atom stereocenters. The Morgan fingerprint density at radius 3 is 2.46 bits per heavy atom. The summed E-state index contributed by atoms with van der Waals surface area (Å²) in [5.74, 6) is 0.984. The number of piperidine rings is 1. The van der Waals surface area contributed by atoms with E-state index in [0.717, 1.165) is 30.4 Å². The lowest BCUT2D eigenvalue weighted by atomic mass is 9.84. The topological polar surface area (TPSA) is 70.2 Å². The lowest BCUT2D eigenvalue weighted by molar-refractivity contribution is -0.122. The number of rotatable bonds is 7. The molecular formula is C18H26BrN3O2. The number of amides is 2. The Morgan fingerprint density at radius 2 is 1.79 bits per heavy atom. The van der Waals surface area contributed by atoms with Crippen LogP contribution in [0, 0.1) is 11.8 Å². The largest absolute Gasteiger partial charge is 0.354 e. The number of nitrogens with one attached hydrogen (secondary N) is 3. The number of carbonyl (C=O) groups is 2. The lowest BCUT2D eigenvalue weighted by Crippen LogP contribution is -2.36. The molecule has 1 saturated heterocycles. The Kier molecular flexibility index (Phi) is 7.72. The summed E-state index contributed by atoms with van der Waals surface area (Å²) >= 11 is 3.34. The minimum atomic E-state index is -0.125. The van der Waals surface area contributed by atoms with Crippen molar-refractivity contribution in [2.75, 3.05) is 26.2 Å². The van der Waals surface area contributed by atoms with E-state index in [-0.39, 0.29) is 11.8 Å². The number of halogens is 1. The third-order valence-electron chi connectivity index (χ3n) is 4.54. The first-order chi connectivity index (χ1) is 11.6. The summed E-state index contributed by atoms with van der Waals surface area (Å²) < 4.78 is 0.939. The minimum absolute atomic E-state index is 0.0684. The summed E-state index contributed by atoms with van der Waals surface area (Å²) in [6, 6.07) is 7.19. The van der Waals surface area contributed by atoms with E-state index in [1.165, 1.54) is 0 Å². The van der Waals surface area contributed by atoms with Gasteiger partial charge in [-0.15, -0.1) is 0 Å². The van der Waals surface area contributed by atoms with Gasteiger partial charge in [-0.3, -0.25) is 9.59 Å². The van der Waals surface area contributed by atoms with Crippen LogP contribution in [0.3, 0.4) is 0 Å². The molecule has 132 valence electrons. The van der Waals surface area contributed by atoms with Crippen LogP contribution >= 0.6 is 15.9 Å². The second-order valence-corrected chi connectivity index (χ2v) is 7.30. The molecule has 0 saturated carbocycles. The van der Waals surface area contributed by atoms with E-state index in [1.54, 1.807) is 12.1 Å². The third kappa shape index (κ3) is 6.24. The van der Waals surface area contributed by atoms with E-state index in [0.29, 0.717) is 36.9 Å². The van der Waals surface area contributed by atoms with E-state index < -0.39 is 0 Å². The highest BCUT2D eigenvalue weighted by atomic mass is 79.9. The van der Waals surface area contributed by atoms with Crippen LogP contribution in [-0.2, 0) is 4.79 Å². The average Bonchev–Trinajstić information content (AvgIpc) is 2.60. The highest BCUT2D eigenvalue weighted by molar-refractivity contribution is 9.10. The molecule has 0 aliphatic carbocycles. The Morgan fingerprint density at radius 1 is 1.17 bits per heavy atom. The van der Waals surface area contributed by atoms with Crippen LogP contribution in [0.2, 0.25) is 0 Å². The summed E-state index contributed by atoms with van der Waals surface area (Å²) in [6.45, 7) is 5.16. The van der Waals surface area contributed by atoms with Gasteiger partial charge in [-0.1, -0.05) is 22.9 Å².